The summed E-state index contributed by atoms with van der Waals surface area (Å²) in [5.41, 5.74) is 0.630. The van der Waals surface area contributed by atoms with E-state index in [1.807, 2.05) is 30.3 Å². The number of hydrogen-bond donors (Lipinski definition) is 2. The number of amides is 2. The number of carboxylic acids is 1. The molecule has 0 spiro atoms. The molecule has 2 aromatic carbocycles. The third kappa shape index (κ3) is 6.07. The maximum absolute atomic E-state index is 12.2. The van der Waals surface area contributed by atoms with E-state index in [9.17, 15) is 14.4 Å². The Labute approximate surface area is 169 Å². The fraction of sp³-hybridized carbons (Fsp3) is 0.318. The van der Waals surface area contributed by atoms with Gasteiger partial charge in [0.2, 0.25) is 11.8 Å². The van der Waals surface area contributed by atoms with Crippen molar-refractivity contribution in [1.82, 2.24) is 4.90 Å². The average Bonchev–Trinajstić information content (AvgIpc) is 2.74. The Morgan fingerprint density at radius 1 is 0.931 bits per heavy atom. The number of carbonyl (C=O) groups excluding carboxylic acids is 2. The van der Waals surface area contributed by atoms with Crippen LogP contribution in [0.25, 0.3) is 0 Å². The monoisotopic (exact) mass is 396 g/mol. The van der Waals surface area contributed by atoms with E-state index in [1.165, 1.54) is 0 Å². The first-order chi connectivity index (χ1) is 14.0. The number of nitrogens with one attached hydrogen (secondary N) is 1. The van der Waals surface area contributed by atoms with Gasteiger partial charge < -0.3 is 20.1 Å². The highest BCUT2D eigenvalue weighted by Gasteiger charge is 2.26. The Morgan fingerprint density at radius 2 is 1.55 bits per heavy atom. The van der Waals surface area contributed by atoms with E-state index in [-0.39, 0.29) is 30.6 Å². The second-order valence-electron chi connectivity index (χ2n) is 6.98. The summed E-state index contributed by atoms with van der Waals surface area (Å²) < 4.78 is 5.71. The molecule has 2 N–H and O–H groups in total. The van der Waals surface area contributed by atoms with Crippen LogP contribution >= 0.6 is 0 Å². The summed E-state index contributed by atoms with van der Waals surface area (Å²) >= 11 is 0. The molecule has 0 saturated carbocycles. The minimum Gasteiger partial charge on any atom is -0.481 e. The van der Waals surface area contributed by atoms with Gasteiger partial charge >= 0.3 is 5.97 Å². The number of likely N-dealkylation sites (tertiary alicyclic amines) is 1. The molecule has 2 aromatic rings. The van der Waals surface area contributed by atoms with Crippen LogP contribution in [0.3, 0.4) is 0 Å². The minimum atomic E-state index is -0.809. The lowest BCUT2D eigenvalue weighted by Crippen LogP contribution is -2.40. The van der Waals surface area contributed by atoms with Crippen molar-refractivity contribution in [2.45, 2.75) is 25.7 Å². The van der Waals surface area contributed by atoms with Gasteiger partial charge in [0.15, 0.2) is 0 Å². The van der Waals surface area contributed by atoms with Crippen LogP contribution in [0.4, 0.5) is 5.69 Å². The van der Waals surface area contributed by atoms with Gasteiger partial charge in [-0.15, -0.1) is 0 Å². The summed E-state index contributed by atoms with van der Waals surface area (Å²) in [5.74, 6) is -0.150. The fourth-order valence-corrected chi connectivity index (χ4v) is 3.21. The first-order valence-electron chi connectivity index (χ1n) is 9.64. The van der Waals surface area contributed by atoms with Gasteiger partial charge in [0, 0.05) is 31.6 Å². The fourth-order valence-electron chi connectivity index (χ4n) is 3.21. The molecule has 0 aromatic heterocycles. The molecular formula is C22H24N2O5. The lowest BCUT2D eigenvalue weighted by molar-refractivity contribution is -0.145. The number of carbonyl (C=O) groups is 3. The molecule has 2 amide bonds. The van der Waals surface area contributed by atoms with E-state index < -0.39 is 5.97 Å². The summed E-state index contributed by atoms with van der Waals surface area (Å²) in [7, 11) is 0. The number of nitrogens with zero attached hydrogens (tertiary/aromatic N) is 1. The molecule has 1 fully saturated rings. The first-order valence-corrected chi connectivity index (χ1v) is 9.64. The molecule has 0 unspecified atom stereocenters. The van der Waals surface area contributed by atoms with Crippen LogP contribution in [0.2, 0.25) is 0 Å². The molecule has 0 atom stereocenters. The summed E-state index contributed by atoms with van der Waals surface area (Å²) in [5, 5.41) is 11.8. The Hall–Kier alpha value is -3.35. The number of piperidine rings is 1. The van der Waals surface area contributed by atoms with E-state index >= 15 is 0 Å². The number of carboxylic acid groups (broad SMARTS) is 1. The van der Waals surface area contributed by atoms with Gasteiger partial charge in [-0.05, 0) is 49.2 Å². The molecule has 1 aliphatic heterocycles. The van der Waals surface area contributed by atoms with E-state index in [4.69, 9.17) is 9.84 Å². The molecule has 1 heterocycles. The molecule has 1 saturated heterocycles. The minimum absolute atomic E-state index is 0.0833. The van der Waals surface area contributed by atoms with Crippen molar-refractivity contribution >= 4 is 23.5 Å². The van der Waals surface area contributed by atoms with Gasteiger partial charge in [0.1, 0.15) is 11.5 Å². The second-order valence-corrected chi connectivity index (χ2v) is 6.98. The third-order valence-corrected chi connectivity index (χ3v) is 4.88. The smallest absolute Gasteiger partial charge is 0.306 e. The highest BCUT2D eigenvalue weighted by molar-refractivity contribution is 5.93. The SMILES string of the molecule is O=C(CCC(=O)N1CCC(C(=O)O)CC1)Nc1ccc(Oc2ccccc2)cc1. The van der Waals surface area contributed by atoms with Gasteiger partial charge in [0.05, 0.1) is 5.92 Å². The number of para-hydroxylation sites is 1. The number of benzene rings is 2. The molecule has 0 radical (unpaired) electrons. The largest absolute Gasteiger partial charge is 0.481 e. The lowest BCUT2D eigenvalue weighted by Gasteiger charge is -2.30. The van der Waals surface area contributed by atoms with Crippen LogP contribution < -0.4 is 10.1 Å². The van der Waals surface area contributed by atoms with Gasteiger partial charge in [-0.1, -0.05) is 18.2 Å². The van der Waals surface area contributed by atoms with Crippen molar-refractivity contribution in [1.29, 1.82) is 0 Å². The third-order valence-electron chi connectivity index (χ3n) is 4.88. The average molecular weight is 396 g/mol. The zero-order valence-corrected chi connectivity index (χ0v) is 16.0. The zero-order valence-electron chi connectivity index (χ0n) is 16.0. The maximum Gasteiger partial charge on any atom is 0.306 e. The van der Waals surface area contributed by atoms with E-state index in [0.29, 0.717) is 37.4 Å². The summed E-state index contributed by atoms with van der Waals surface area (Å²) in [4.78, 5) is 37.0. The van der Waals surface area contributed by atoms with Crippen LogP contribution in [-0.2, 0) is 14.4 Å². The first kappa shape index (κ1) is 20.4. The molecule has 3 rings (SSSR count). The molecule has 1 aliphatic rings. The standard InChI is InChI=1S/C22H24N2O5/c25-20(10-11-21(26)24-14-12-16(13-15-24)22(27)28)23-17-6-8-19(9-7-17)29-18-4-2-1-3-5-18/h1-9,16H,10-15H2,(H,23,25)(H,27,28). The van der Waals surface area contributed by atoms with Gasteiger partial charge in [-0.2, -0.15) is 0 Å². The number of aliphatic carboxylic acids is 1. The van der Waals surface area contributed by atoms with Gasteiger partial charge in [-0.3, -0.25) is 14.4 Å². The predicted octanol–water partition coefficient (Wildman–Crippen LogP) is 3.52. The molecule has 7 heteroatoms. The van der Waals surface area contributed by atoms with Gasteiger partial charge in [0.25, 0.3) is 0 Å². The predicted molar refractivity (Wildman–Crippen MR) is 108 cm³/mol. The highest BCUT2D eigenvalue weighted by atomic mass is 16.5. The van der Waals surface area contributed by atoms with Crippen molar-refractivity contribution in [2.75, 3.05) is 18.4 Å². The summed E-state index contributed by atoms with van der Waals surface area (Å²) in [6.07, 6.45) is 1.12. The lowest BCUT2D eigenvalue weighted by atomic mass is 9.97. The van der Waals surface area contributed by atoms with Crippen molar-refractivity contribution in [3.05, 3.63) is 54.6 Å². The Kier molecular flexibility index (Phi) is 6.84. The summed E-state index contributed by atoms with van der Waals surface area (Å²) in [6.45, 7) is 0.862. The number of hydrogen-bond acceptors (Lipinski definition) is 4. The molecule has 0 bridgehead atoms. The van der Waals surface area contributed by atoms with E-state index in [1.54, 1.807) is 29.2 Å². The number of anilines is 1. The normalized spacial score (nSPS) is 14.3. The molecule has 0 aliphatic carbocycles. The number of ether oxygens (including phenoxy) is 1. The van der Waals surface area contributed by atoms with Gasteiger partial charge in [-0.25, -0.2) is 0 Å². The van der Waals surface area contributed by atoms with Crippen LogP contribution in [0, 0.1) is 5.92 Å². The second kappa shape index (κ2) is 9.73. The van der Waals surface area contributed by atoms with E-state index in [2.05, 4.69) is 5.32 Å². The van der Waals surface area contributed by atoms with Crippen LogP contribution in [-0.4, -0.2) is 40.9 Å². The molecule has 7 nitrogen and oxygen atoms in total. The van der Waals surface area contributed by atoms with Crippen LogP contribution in [0.15, 0.2) is 54.6 Å². The molecule has 29 heavy (non-hydrogen) atoms. The molecular weight excluding hydrogens is 372 g/mol. The van der Waals surface area contributed by atoms with Crippen LogP contribution in [0.1, 0.15) is 25.7 Å². The van der Waals surface area contributed by atoms with Crippen molar-refractivity contribution in [3.63, 3.8) is 0 Å². The van der Waals surface area contributed by atoms with Crippen molar-refractivity contribution in [3.8, 4) is 11.5 Å². The topological polar surface area (TPSA) is 95.9 Å². The zero-order chi connectivity index (χ0) is 20.6. The Balaban J connectivity index is 1.41. The Morgan fingerprint density at radius 3 is 2.17 bits per heavy atom. The van der Waals surface area contributed by atoms with E-state index in [0.717, 1.165) is 5.75 Å². The molecule has 152 valence electrons. The van der Waals surface area contributed by atoms with Crippen molar-refractivity contribution < 1.29 is 24.2 Å². The quantitative estimate of drug-likeness (QED) is 0.747. The van der Waals surface area contributed by atoms with Crippen molar-refractivity contribution in [2.24, 2.45) is 5.92 Å². The highest BCUT2D eigenvalue weighted by Crippen LogP contribution is 2.23. The maximum atomic E-state index is 12.2. The summed E-state index contributed by atoms with van der Waals surface area (Å²) in [6, 6.07) is 16.4. The Bertz CT molecular complexity index is 843. The number of rotatable bonds is 7. The van der Waals surface area contributed by atoms with Crippen LogP contribution in [0.5, 0.6) is 11.5 Å².